The first-order chi connectivity index (χ1) is 25.4. The Hall–Kier alpha value is -5.16. The molecule has 2 aliphatic heterocycles. The van der Waals surface area contributed by atoms with Crippen LogP contribution in [0.5, 0.6) is 5.88 Å². The van der Waals surface area contributed by atoms with Gasteiger partial charge in [-0.3, -0.25) is 43.4 Å². The standard InChI is InChI=1S/C41H47N7O4/c1-3-5-21-47-39(50)31-25-33(46-19-12-7-13-20-46)37-35-30(38(49)48(41(37)52)22-6-4-2)24-32(36(34(31)35)40(47)51)44-18-23-45(26-28-14-8-10-16-42-28)27-29-15-9-11-17-43-29/h8-11,14-17,24-25,50H,3-7,12-13,18-23,26-27H2,1-2H3. The van der Waals surface area contributed by atoms with Crippen LogP contribution in [0.1, 0.15) is 70.2 Å². The zero-order valence-electron chi connectivity index (χ0n) is 30.2. The van der Waals surface area contributed by atoms with Crippen molar-refractivity contribution in [3.05, 3.63) is 109 Å². The molecule has 1 fully saturated rings. The third-order valence-corrected chi connectivity index (χ3v) is 10.3. The van der Waals surface area contributed by atoms with E-state index in [1.54, 1.807) is 18.5 Å². The third-order valence-electron chi connectivity index (χ3n) is 10.3. The van der Waals surface area contributed by atoms with Gasteiger partial charge >= 0.3 is 0 Å². The minimum atomic E-state index is -0.386. The molecule has 0 radical (unpaired) electrons. The fourth-order valence-electron chi connectivity index (χ4n) is 7.65. The van der Waals surface area contributed by atoms with Gasteiger partial charge in [-0.15, -0.1) is 0 Å². The number of unbranched alkanes of at least 4 members (excludes halogenated alkanes) is 2. The van der Waals surface area contributed by atoms with E-state index in [-0.39, 0.29) is 22.6 Å². The Balaban J connectivity index is 1.45. The summed E-state index contributed by atoms with van der Waals surface area (Å²) in [5.41, 5.74) is 2.26. The summed E-state index contributed by atoms with van der Waals surface area (Å²) in [6.45, 7) is 8.30. The van der Waals surface area contributed by atoms with Gasteiger partial charge < -0.3 is 10.0 Å². The molecule has 3 aromatic heterocycles. The molecule has 270 valence electrons. The van der Waals surface area contributed by atoms with E-state index in [1.165, 1.54) is 9.13 Å². The lowest BCUT2D eigenvalue weighted by Crippen LogP contribution is -2.38. The van der Waals surface area contributed by atoms with E-state index < -0.39 is 0 Å². The molecule has 11 heteroatoms. The molecule has 1 saturated heterocycles. The fourth-order valence-corrected chi connectivity index (χ4v) is 7.65. The van der Waals surface area contributed by atoms with Gasteiger partial charge in [-0.25, -0.2) is 0 Å². The van der Waals surface area contributed by atoms with Gasteiger partial charge in [-0.1, -0.05) is 38.8 Å². The predicted octanol–water partition coefficient (Wildman–Crippen LogP) is 5.35. The van der Waals surface area contributed by atoms with E-state index in [0.717, 1.165) is 56.6 Å². The van der Waals surface area contributed by atoms with Crippen molar-refractivity contribution in [3.63, 3.8) is 0 Å². The molecule has 7 rings (SSSR count). The number of rotatable bonds is 14. The van der Waals surface area contributed by atoms with Crippen molar-refractivity contribution < 1.29 is 5.11 Å². The maximum absolute atomic E-state index is 14.5. The Labute approximate surface area is 302 Å². The van der Waals surface area contributed by atoms with Crippen molar-refractivity contribution in [1.82, 2.24) is 24.0 Å². The van der Waals surface area contributed by atoms with Crippen molar-refractivity contribution in [2.24, 2.45) is 4.99 Å². The van der Waals surface area contributed by atoms with Crippen LogP contribution in [0.15, 0.2) is 80.3 Å². The summed E-state index contributed by atoms with van der Waals surface area (Å²) in [5.74, 6) is -0.135. The Morgan fingerprint density at radius 3 is 2.02 bits per heavy atom. The van der Waals surface area contributed by atoms with Crippen LogP contribution in [0.3, 0.4) is 0 Å². The van der Waals surface area contributed by atoms with Crippen LogP contribution in [0.2, 0.25) is 0 Å². The van der Waals surface area contributed by atoms with Gasteiger partial charge in [0.2, 0.25) is 5.88 Å². The Bertz CT molecular complexity index is 2310. The number of aromatic nitrogens is 4. The van der Waals surface area contributed by atoms with E-state index in [1.807, 2.05) is 56.3 Å². The maximum Gasteiger partial charge on any atom is 0.263 e. The minimum absolute atomic E-state index is 0.135. The Kier molecular flexibility index (Phi) is 10.6. The molecule has 0 amide bonds. The summed E-state index contributed by atoms with van der Waals surface area (Å²) in [5, 5.41) is 13.9. The highest BCUT2D eigenvalue weighted by atomic mass is 16.3. The van der Waals surface area contributed by atoms with Crippen molar-refractivity contribution in [2.75, 3.05) is 31.1 Å². The van der Waals surface area contributed by atoms with E-state index in [0.29, 0.717) is 95.8 Å². The molecular formula is C41H47N7O4. The molecule has 1 aliphatic carbocycles. The highest BCUT2D eigenvalue weighted by Crippen LogP contribution is 2.42. The number of hydrogen-bond donors (Lipinski definition) is 1. The molecule has 4 aromatic rings. The number of anilines is 1. The van der Waals surface area contributed by atoms with E-state index in [2.05, 4.69) is 19.8 Å². The van der Waals surface area contributed by atoms with Gasteiger partial charge in [0.05, 0.1) is 45.3 Å². The molecule has 0 unspecified atom stereocenters. The molecular weight excluding hydrogens is 654 g/mol. The molecule has 1 N–H and O–H groups in total. The van der Waals surface area contributed by atoms with Crippen LogP contribution in [0.25, 0.3) is 32.7 Å². The number of aromatic hydroxyl groups is 1. The second-order valence-electron chi connectivity index (χ2n) is 13.9. The normalized spacial score (nSPS) is 14.1. The van der Waals surface area contributed by atoms with Crippen LogP contribution in [-0.2, 0) is 26.2 Å². The number of piperidine rings is 1. The third kappa shape index (κ3) is 6.77. The topological polar surface area (TPSA) is 126 Å². The van der Waals surface area contributed by atoms with E-state index in [4.69, 9.17) is 4.99 Å². The Morgan fingerprint density at radius 2 is 1.40 bits per heavy atom. The van der Waals surface area contributed by atoms with Gasteiger partial charge in [0, 0.05) is 74.5 Å². The monoisotopic (exact) mass is 701 g/mol. The summed E-state index contributed by atoms with van der Waals surface area (Å²) in [4.78, 5) is 61.7. The van der Waals surface area contributed by atoms with Crippen molar-refractivity contribution in [3.8, 4) is 17.0 Å². The summed E-state index contributed by atoms with van der Waals surface area (Å²) in [7, 11) is 0. The van der Waals surface area contributed by atoms with E-state index >= 15 is 0 Å². The molecule has 52 heavy (non-hydrogen) atoms. The maximum atomic E-state index is 14.5. The first-order valence-corrected chi connectivity index (χ1v) is 18.8. The average molecular weight is 702 g/mol. The van der Waals surface area contributed by atoms with Gasteiger partial charge in [-0.2, -0.15) is 0 Å². The van der Waals surface area contributed by atoms with Crippen LogP contribution in [0.4, 0.5) is 5.69 Å². The predicted molar refractivity (Wildman–Crippen MR) is 206 cm³/mol. The number of benzene rings is 2. The molecule has 0 spiro atoms. The molecule has 0 saturated carbocycles. The van der Waals surface area contributed by atoms with Gasteiger partial charge in [0.15, 0.2) is 0 Å². The summed E-state index contributed by atoms with van der Waals surface area (Å²) < 4.78 is 2.81. The highest BCUT2D eigenvalue weighted by Gasteiger charge is 2.30. The quantitative estimate of drug-likeness (QED) is 0.151. The summed E-state index contributed by atoms with van der Waals surface area (Å²) in [6.07, 6.45) is 9.70. The van der Waals surface area contributed by atoms with Crippen molar-refractivity contribution in [1.29, 1.82) is 0 Å². The SMILES string of the molecule is CCCCn1c(O)c2cc(N3CCCCC3)c3c4c2c(c(=NCCN(Cc2ccccn2)Cc2ccccn2)cc-4c(=O)n(CCCC)c3=O)c1=O. The second-order valence-corrected chi connectivity index (χ2v) is 13.9. The zero-order chi connectivity index (χ0) is 36.2. The lowest BCUT2D eigenvalue weighted by Gasteiger charge is -2.31. The minimum Gasteiger partial charge on any atom is -0.494 e. The smallest absolute Gasteiger partial charge is 0.263 e. The van der Waals surface area contributed by atoms with Gasteiger partial charge in [0.1, 0.15) is 0 Å². The van der Waals surface area contributed by atoms with Gasteiger partial charge in [-0.05, 0) is 68.5 Å². The first-order valence-electron chi connectivity index (χ1n) is 18.8. The summed E-state index contributed by atoms with van der Waals surface area (Å²) in [6, 6.07) is 15.3. The van der Waals surface area contributed by atoms with Crippen molar-refractivity contribution >= 4 is 27.2 Å². The van der Waals surface area contributed by atoms with Crippen molar-refractivity contribution in [2.45, 2.75) is 85.0 Å². The lowest BCUT2D eigenvalue weighted by atomic mass is 9.89. The molecule has 11 nitrogen and oxygen atoms in total. The van der Waals surface area contributed by atoms with Crippen LogP contribution in [0, 0.1) is 0 Å². The molecule has 0 atom stereocenters. The molecule has 3 aliphatic rings. The Morgan fingerprint density at radius 1 is 0.769 bits per heavy atom. The van der Waals surface area contributed by atoms with Crippen LogP contribution >= 0.6 is 0 Å². The number of pyridine rings is 4. The number of hydrogen-bond acceptors (Lipinski definition) is 9. The zero-order valence-corrected chi connectivity index (χ0v) is 30.2. The first kappa shape index (κ1) is 35.3. The van der Waals surface area contributed by atoms with Gasteiger partial charge in [0.25, 0.3) is 16.7 Å². The molecule has 5 heterocycles. The highest BCUT2D eigenvalue weighted by molar-refractivity contribution is 6.19. The largest absolute Gasteiger partial charge is 0.494 e. The average Bonchev–Trinajstić information content (AvgIpc) is 3.17. The van der Waals surface area contributed by atoms with Crippen LogP contribution in [-0.4, -0.2) is 55.3 Å². The molecule has 0 bridgehead atoms. The van der Waals surface area contributed by atoms with E-state index in [9.17, 15) is 19.5 Å². The number of nitrogens with zero attached hydrogens (tertiary/aromatic N) is 7. The molecule has 1 aromatic carbocycles. The fraction of sp³-hybridized carbons (Fsp3) is 0.415. The lowest BCUT2D eigenvalue weighted by molar-refractivity contribution is 0.258. The summed E-state index contributed by atoms with van der Waals surface area (Å²) >= 11 is 0. The second kappa shape index (κ2) is 15.6. The van der Waals surface area contributed by atoms with Crippen LogP contribution < -0.4 is 26.9 Å².